The highest BCUT2D eigenvalue weighted by Gasteiger charge is 2.14. The van der Waals surface area contributed by atoms with Crippen LogP contribution < -0.4 is 5.32 Å². The van der Waals surface area contributed by atoms with Crippen molar-refractivity contribution in [2.45, 2.75) is 6.41 Å². The summed E-state index contributed by atoms with van der Waals surface area (Å²) in [4.78, 5) is 11.6. The van der Waals surface area contributed by atoms with Gasteiger partial charge in [0.05, 0.1) is 5.56 Å². The fraction of sp³-hybridized carbons (Fsp3) is 0.375. The van der Waals surface area contributed by atoms with Crippen LogP contribution in [0.25, 0.3) is 0 Å². The molecule has 0 radical (unpaired) electrons. The molecule has 0 aliphatic rings. The molecule has 0 bridgehead atoms. The van der Waals surface area contributed by atoms with Gasteiger partial charge < -0.3 is 14.8 Å². The molecule has 78 valence electrons. The van der Waals surface area contributed by atoms with E-state index in [9.17, 15) is 4.79 Å². The summed E-state index contributed by atoms with van der Waals surface area (Å²) in [6.45, 7) is 0. The number of rotatable bonds is 4. The van der Waals surface area contributed by atoms with Gasteiger partial charge in [0.1, 0.15) is 0 Å². The lowest BCUT2D eigenvalue weighted by molar-refractivity contribution is -0.115. The summed E-state index contributed by atoms with van der Waals surface area (Å²) in [7, 11) is 2.91. The number of amides is 1. The molecule has 1 N–H and O–H groups in total. The summed E-state index contributed by atoms with van der Waals surface area (Å²) in [6.07, 6.45) is -0.714. The molecule has 0 unspecified atom stereocenters. The number of nitrogens with one attached hydrogen (secondary N) is 1. The van der Waals surface area contributed by atoms with Gasteiger partial charge in [-0.15, -0.1) is 0 Å². The molecule has 1 aromatic rings. The van der Waals surface area contributed by atoms with E-state index in [2.05, 4.69) is 21.2 Å². The van der Waals surface area contributed by atoms with Crippen LogP contribution in [0, 0.1) is 0 Å². The number of hydrogen-bond acceptors (Lipinski definition) is 4. The van der Waals surface area contributed by atoms with Crippen LogP contribution in [-0.2, 0) is 9.47 Å². The number of hydrogen-bond donors (Lipinski definition) is 1. The quantitative estimate of drug-likeness (QED) is 0.856. The zero-order valence-corrected chi connectivity index (χ0v) is 10.1. The van der Waals surface area contributed by atoms with Crippen molar-refractivity contribution in [2.75, 3.05) is 14.2 Å². The first kappa shape index (κ1) is 11.6. The second-order valence-corrected chi connectivity index (χ2v) is 4.01. The summed E-state index contributed by atoms with van der Waals surface area (Å²) in [6, 6.07) is 0. The van der Waals surface area contributed by atoms with Gasteiger partial charge in [-0.2, -0.15) is 11.3 Å². The molecule has 0 spiro atoms. The molecule has 6 heteroatoms. The molecule has 0 aliphatic carbocycles. The Morgan fingerprint density at radius 2 is 2.14 bits per heavy atom. The first-order valence-corrected chi connectivity index (χ1v) is 5.50. The summed E-state index contributed by atoms with van der Waals surface area (Å²) in [5.41, 5.74) is 0.578. The van der Waals surface area contributed by atoms with Crippen molar-refractivity contribution in [3.05, 3.63) is 20.8 Å². The van der Waals surface area contributed by atoms with Gasteiger partial charge in [0.2, 0.25) is 6.41 Å². The van der Waals surface area contributed by atoms with E-state index >= 15 is 0 Å². The highest BCUT2D eigenvalue weighted by Crippen LogP contribution is 2.21. The Labute approximate surface area is 94.3 Å². The number of halogens is 1. The zero-order chi connectivity index (χ0) is 10.6. The Morgan fingerprint density at radius 3 is 2.57 bits per heavy atom. The smallest absolute Gasteiger partial charge is 0.257 e. The van der Waals surface area contributed by atoms with Gasteiger partial charge >= 0.3 is 0 Å². The van der Waals surface area contributed by atoms with E-state index in [1.165, 1.54) is 25.6 Å². The molecule has 1 aromatic heterocycles. The summed E-state index contributed by atoms with van der Waals surface area (Å²) >= 11 is 4.72. The minimum absolute atomic E-state index is 0.230. The first-order chi connectivity index (χ1) is 6.69. The van der Waals surface area contributed by atoms with Gasteiger partial charge in [0.15, 0.2) is 0 Å². The number of carbonyl (C=O) groups is 1. The summed E-state index contributed by atoms with van der Waals surface area (Å²) in [5, 5.41) is 6.14. The third-order valence-electron chi connectivity index (χ3n) is 1.54. The Morgan fingerprint density at radius 1 is 1.50 bits per heavy atom. The van der Waals surface area contributed by atoms with Gasteiger partial charge in [-0.05, 0) is 15.9 Å². The van der Waals surface area contributed by atoms with Crippen LogP contribution in [0.2, 0.25) is 0 Å². The molecule has 14 heavy (non-hydrogen) atoms. The van der Waals surface area contributed by atoms with E-state index in [1.807, 2.05) is 5.38 Å². The standard InChI is InChI=1S/C8H10BrNO3S/c1-12-8(13-2)10-7(11)5-3-14-4-6(5)9/h3-4,8H,1-2H3,(H,10,11). The molecular weight excluding hydrogens is 270 g/mol. The topological polar surface area (TPSA) is 47.6 Å². The van der Waals surface area contributed by atoms with Crippen molar-refractivity contribution in [3.63, 3.8) is 0 Å². The van der Waals surface area contributed by atoms with Gasteiger partial charge in [-0.1, -0.05) is 0 Å². The second-order valence-electron chi connectivity index (χ2n) is 2.41. The Bertz CT molecular complexity index is 311. The van der Waals surface area contributed by atoms with E-state index in [-0.39, 0.29) is 5.91 Å². The largest absolute Gasteiger partial charge is 0.339 e. The maximum atomic E-state index is 11.6. The molecule has 0 aliphatic heterocycles. The van der Waals surface area contributed by atoms with Crippen molar-refractivity contribution in [3.8, 4) is 0 Å². The van der Waals surface area contributed by atoms with Gasteiger partial charge in [0, 0.05) is 29.5 Å². The lowest BCUT2D eigenvalue weighted by atomic mass is 10.3. The van der Waals surface area contributed by atoms with Crippen LogP contribution in [0.4, 0.5) is 0 Å². The Kier molecular flexibility index (Phi) is 4.53. The Hall–Kier alpha value is -0.430. The molecule has 1 rings (SSSR count). The van der Waals surface area contributed by atoms with E-state index < -0.39 is 6.41 Å². The third-order valence-corrected chi connectivity index (χ3v) is 3.24. The fourth-order valence-electron chi connectivity index (χ4n) is 0.842. The van der Waals surface area contributed by atoms with Crippen LogP contribution in [0.1, 0.15) is 10.4 Å². The average Bonchev–Trinajstić information content (AvgIpc) is 2.60. The molecule has 0 fully saturated rings. The molecule has 1 heterocycles. The highest BCUT2D eigenvalue weighted by molar-refractivity contribution is 9.10. The number of carbonyl (C=O) groups excluding carboxylic acids is 1. The van der Waals surface area contributed by atoms with Gasteiger partial charge in [-0.3, -0.25) is 4.79 Å². The maximum Gasteiger partial charge on any atom is 0.257 e. The summed E-state index contributed by atoms with van der Waals surface area (Å²) in [5.74, 6) is -0.230. The third kappa shape index (κ3) is 2.78. The number of thiophene rings is 1. The lowest BCUT2D eigenvalue weighted by Crippen LogP contribution is -2.37. The minimum Gasteiger partial charge on any atom is -0.339 e. The molecule has 0 saturated carbocycles. The number of methoxy groups -OCH3 is 2. The van der Waals surface area contributed by atoms with Crippen molar-refractivity contribution in [1.82, 2.24) is 5.32 Å². The van der Waals surface area contributed by atoms with Crippen LogP contribution in [0.5, 0.6) is 0 Å². The molecule has 0 saturated heterocycles. The molecule has 0 aromatic carbocycles. The summed E-state index contributed by atoms with van der Waals surface area (Å²) < 4.78 is 10.5. The van der Waals surface area contributed by atoms with Crippen LogP contribution in [0.15, 0.2) is 15.2 Å². The monoisotopic (exact) mass is 279 g/mol. The van der Waals surface area contributed by atoms with Crippen LogP contribution in [0.3, 0.4) is 0 Å². The van der Waals surface area contributed by atoms with E-state index in [0.717, 1.165) is 4.47 Å². The molecule has 1 amide bonds. The highest BCUT2D eigenvalue weighted by atomic mass is 79.9. The second kappa shape index (κ2) is 5.45. The normalized spacial score (nSPS) is 10.6. The van der Waals surface area contributed by atoms with Crippen molar-refractivity contribution < 1.29 is 14.3 Å². The van der Waals surface area contributed by atoms with Crippen LogP contribution >= 0.6 is 27.3 Å². The molecular formula is C8H10BrNO3S. The van der Waals surface area contributed by atoms with Crippen molar-refractivity contribution >= 4 is 33.2 Å². The first-order valence-electron chi connectivity index (χ1n) is 3.77. The van der Waals surface area contributed by atoms with Gasteiger partial charge in [0.25, 0.3) is 5.91 Å². The average molecular weight is 280 g/mol. The maximum absolute atomic E-state index is 11.6. The predicted molar refractivity (Wildman–Crippen MR) is 57.3 cm³/mol. The minimum atomic E-state index is -0.714. The van der Waals surface area contributed by atoms with Crippen molar-refractivity contribution in [1.29, 1.82) is 0 Å². The predicted octanol–water partition coefficient (Wildman–Crippen LogP) is 1.82. The van der Waals surface area contributed by atoms with Crippen LogP contribution in [-0.4, -0.2) is 26.5 Å². The van der Waals surface area contributed by atoms with E-state index in [0.29, 0.717) is 5.56 Å². The van der Waals surface area contributed by atoms with Crippen molar-refractivity contribution in [2.24, 2.45) is 0 Å². The Balaban J connectivity index is 2.63. The molecule has 4 nitrogen and oxygen atoms in total. The number of ether oxygens (including phenoxy) is 2. The van der Waals surface area contributed by atoms with Gasteiger partial charge in [-0.25, -0.2) is 0 Å². The fourth-order valence-corrected chi connectivity index (χ4v) is 2.30. The van der Waals surface area contributed by atoms with E-state index in [4.69, 9.17) is 9.47 Å². The van der Waals surface area contributed by atoms with E-state index in [1.54, 1.807) is 5.38 Å². The molecule has 0 atom stereocenters. The lowest BCUT2D eigenvalue weighted by Gasteiger charge is -2.14. The zero-order valence-electron chi connectivity index (χ0n) is 7.74. The SMILES string of the molecule is COC(NC(=O)c1cscc1Br)OC.